The molecule has 0 N–H and O–H groups in total. The molecule has 2 heterocycles. The van der Waals surface area contributed by atoms with Crippen molar-refractivity contribution in [3.05, 3.63) is 29.2 Å². The lowest BCUT2D eigenvalue weighted by atomic mass is 10.2. The van der Waals surface area contributed by atoms with Crippen LogP contribution in [0.2, 0.25) is 5.02 Å². The van der Waals surface area contributed by atoms with Crippen molar-refractivity contribution in [1.82, 2.24) is 15.1 Å². The Morgan fingerprint density at radius 1 is 1.44 bits per heavy atom. The van der Waals surface area contributed by atoms with Gasteiger partial charge in [-0.25, -0.2) is 0 Å². The molecule has 6 heteroatoms. The van der Waals surface area contributed by atoms with Crippen LogP contribution in [0.15, 0.2) is 22.9 Å². The van der Waals surface area contributed by atoms with E-state index >= 15 is 0 Å². The van der Waals surface area contributed by atoms with Crippen LogP contribution in [0.3, 0.4) is 0 Å². The summed E-state index contributed by atoms with van der Waals surface area (Å²) in [6.45, 7) is 1.95. The maximum atomic E-state index is 11.4. The number of pyridine rings is 1. The van der Waals surface area contributed by atoms with E-state index in [1.165, 1.54) is 6.20 Å². The molecule has 0 aliphatic rings. The SMILES string of the molecule is CCCC(=O)Cc1nc(-c2ccc(Cl)cn2)no1. The molecule has 0 unspecified atom stereocenters. The summed E-state index contributed by atoms with van der Waals surface area (Å²) in [6, 6.07) is 3.40. The number of nitrogens with zero attached hydrogens (tertiary/aromatic N) is 3. The monoisotopic (exact) mass is 265 g/mol. The van der Waals surface area contributed by atoms with E-state index in [1.54, 1.807) is 12.1 Å². The summed E-state index contributed by atoms with van der Waals surface area (Å²) < 4.78 is 5.01. The Bertz CT molecular complexity index is 537. The first-order chi connectivity index (χ1) is 8.69. The lowest BCUT2D eigenvalue weighted by Gasteiger charge is -1.93. The van der Waals surface area contributed by atoms with Gasteiger partial charge in [-0.2, -0.15) is 4.98 Å². The van der Waals surface area contributed by atoms with Gasteiger partial charge >= 0.3 is 0 Å². The van der Waals surface area contributed by atoms with Crippen molar-refractivity contribution in [3.8, 4) is 11.5 Å². The standard InChI is InChI=1S/C12H12ClN3O2/c1-2-3-9(17)6-11-15-12(16-18-11)10-5-4-8(13)7-14-10/h4-5,7H,2-3,6H2,1H3. The number of hydrogen-bond acceptors (Lipinski definition) is 5. The average molecular weight is 266 g/mol. The summed E-state index contributed by atoms with van der Waals surface area (Å²) in [6.07, 6.45) is 3.03. The number of halogens is 1. The van der Waals surface area contributed by atoms with Crippen LogP contribution in [0.25, 0.3) is 11.5 Å². The summed E-state index contributed by atoms with van der Waals surface area (Å²) in [5.74, 6) is 0.780. The van der Waals surface area contributed by atoms with Gasteiger partial charge < -0.3 is 4.52 Å². The summed E-state index contributed by atoms with van der Waals surface area (Å²) >= 11 is 5.74. The van der Waals surface area contributed by atoms with Crippen LogP contribution in [0.4, 0.5) is 0 Å². The molecule has 0 fully saturated rings. The molecule has 94 valence electrons. The number of carbonyl (C=O) groups is 1. The molecule has 0 atom stereocenters. The molecule has 0 saturated heterocycles. The zero-order valence-corrected chi connectivity index (χ0v) is 10.6. The predicted molar refractivity (Wildman–Crippen MR) is 66.2 cm³/mol. The molecule has 0 bridgehead atoms. The molecule has 0 spiro atoms. The molecule has 0 aliphatic heterocycles. The Hall–Kier alpha value is -1.75. The third-order valence-electron chi connectivity index (χ3n) is 2.30. The zero-order chi connectivity index (χ0) is 13.0. The van der Waals surface area contributed by atoms with Crippen LogP contribution in [-0.4, -0.2) is 20.9 Å². The Labute approximate surface area is 109 Å². The van der Waals surface area contributed by atoms with Gasteiger partial charge in [-0.3, -0.25) is 9.78 Å². The van der Waals surface area contributed by atoms with Gasteiger partial charge in [0.25, 0.3) is 0 Å². The minimum absolute atomic E-state index is 0.0942. The number of rotatable bonds is 5. The minimum atomic E-state index is 0.0942. The lowest BCUT2D eigenvalue weighted by Crippen LogP contribution is -2.01. The smallest absolute Gasteiger partial charge is 0.234 e. The summed E-state index contributed by atoms with van der Waals surface area (Å²) in [7, 11) is 0. The van der Waals surface area contributed by atoms with E-state index in [2.05, 4.69) is 15.1 Å². The molecule has 2 rings (SSSR count). The van der Waals surface area contributed by atoms with Crippen molar-refractivity contribution in [3.63, 3.8) is 0 Å². The second-order valence-electron chi connectivity index (χ2n) is 3.84. The Morgan fingerprint density at radius 2 is 2.28 bits per heavy atom. The molecule has 2 aromatic heterocycles. The van der Waals surface area contributed by atoms with Crippen LogP contribution < -0.4 is 0 Å². The molecule has 5 nitrogen and oxygen atoms in total. The van der Waals surface area contributed by atoms with Crippen LogP contribution in [0.5, 0.6) is 0 Å². The molecule has 2 aromatic rings. The van der Waals surface area contributed by atoms with Gasteiger partial charge in [0.2, 0.25) is 11.7 Å². The van der Waals surface area contributed by atoms with E-state index < -0.39 is 0 Å². The fraction of sp³-hybridized carbons (Fsp3) is 0.333. The van der Waals surface area contributed by atoms with Crippen LogP contribution in [0, 0.1) is 0 Å². The predicted octanol–water partition coefficient (Wildman–Crippen LogP) is 2.70. The maximum Gasteiger partial charge on any atom is 0.234 e. The third kappa shape index (κ3) is 3.13. The van der Waals surface area contributed by atoms with Crippen molar-refractivity contribution in [2.24, 2.45) is 0 Å². The van der Waals surface area contributed by atoms with Gasteiger partial charge in [-0.15, -0.1) is 0 Å². The van der Waals surface area contributed by atoms with Crippen molar-refractivity contribution in [1.29, 1.82) is 0 Å². The molecular formula is C12H12ClN3O2. The molecule has 0 radical (unpaired) electrons. The lowest BCUT2D eigenvalue weighted by molar-refractivity contribution is -0.118. The van der Waals surface area contributed by atoms with Gasteiger partial charge in [-0.1, -0.05) is 23.7 Å². The Kier molecular flexibility index (Phi) is 4.04. The van der Waals surface area contributed by atoms with Gasteiger partial charge in [0.15, 0.2) is 0 Å². The first kappa shape index (κ1) is 12.7. The highest BCUT2D eigenvalue weighted by molar-refractivity contribution is 6.30. The normalized spacial score (nSPS) is 10.6. The third-order valence-corrected chi connectivity index (χ3v) is 2.53. The van der Waals surface area contributed by atoms with E-state index in [0.29, 0.717) is 28.9 Å². The second-order valence-corrected chi connectivity index (χ2v) is 4.28. The average Bonchev–Trinajstić information content (AvgIpc) is 2.78. The number of hydrogen-bond donors (Lipinski definition) is 0. The quantitative estimate of drug-likeness (QED) is 0.831. The van der Waals surface area contributed by atoms with Crippen LogP contribution >= 0.6 is 11.6 Å². The van der Waals surface area contributed by atoms with Crippen molar-refractivity contribution < 1.29 is 9.32 Å². The fourth-order valence-corrected chi connectivity index (χ4v) is 1.59. The summed E-state index contributed by atoms with van der Waals surface area (Å²) in [5.41, 5.74) is 0.567. The highest BCUT2D eigenvalue weighted by Gasteiger charge is 2.12. The minimum Gasteiger partial charge on any atom is -0.338 e. The van der Waals surface area contributed by atoms with E-state index in [9.17, 15) is 4.79 Å². The van der Waals surface area contributed by atoms with Gasteiger partial charge in [0.05, 0.1) is 11.4 Å². The summed E-state index contributed by atoms with van der Waals surface area (Å²) in [5, 5.41) is 4.33. The second kappa shape index (κ2) is 5.73. The van der Waals surface area contributed by atoms with E-state index in [4.69, 9.17) is 16.1 Å². The Morgan fingerprint density at radius 3 is 2.94 bits per heavy atom. The van der Waals surface area contributed by atoms with E-state index in [0.717, 1.165) is 6.42 Å². The molecule has 0 amide bonds. The van der Waals surface area contributed by atoms with Gasteiger partial charge in [0.1, 0.15) is 11.5 Å². The van der Waals surface area contributed by atoms with Crippen molar-refractivity contribution in [2.45, 2.75) is 26.2 Å². The van der Waals surface area contributed by atoms with E-state index in [-0.39, 0.29) is 12.2 Å². The number of carbonyl (C=O) groups excluding carboxylic acids is 1. The van der Waals surface area contributed by atoms with Gasteiger partial charge in [0, 0.05) is 12.6 Å². The highest BCUT2D eigenvalue weighted by atomic mass is 35.5. The van der Waals surface area contributed by atoms with Crippen molar-refractivity contribution in [2.75, 3.05) is 0 Å². The summed E-state index contributed by atoms with van der Waals surface area (Å²) in [4.78, 5) is 19.6. The number of ketones is 1. The Balaban J connectivity index is 2.10. The zero-order valence-electron chi connectivity index (χ0n) is 9.89. The molecule has 18 heavy (non-hydrogen) atoms. The molecular weight excluding hydrogens is 254 g/mol. The van der Waals surface area contributed by atoms with Gasteiger partial charge in [-0.05, 0) is 18.6 Å². The first-order valence-corrected chi connectivity index (χ1v) is 6.03. The van der Waals surface area contributed by atoms with Crippen LogP contribution in [0.1, 0.15) is 25.7 Å². The highest BCUT2D eigenvalue weighted by Crippen LogP contribution is 2.15. The largest absolute Gasteiger partial charge is 0.338 e. The molecule has 0 aromatic carbocycles. The maximum absolute atomic E-state index is 11.4. The molecule has 0 saturated carbocycles. The topological polar surface area (TPSA) is 68.9 Å². The number of aromatic nitrogens is 3. The first-order valence-electron chi connectivity index (χ1n) is 5.65. The van der Waals surface area contributed by atoms with Crippen molar-refractivity contribution >= 4 is 17.4 Å². The van der Waals surface area contributed by atoms with Crippen LogP contribution in [-0.2, 0) is 11.2 Å². The van der Waals surface area contributed by atoms with E-state index in [1.807, 2.05) is 6.92 Å². The fourth-order valence-electron chi connectivity index (χ4n) is 1.47. The number of Topliss-reactive ketones (excluding diaryl/α,β-unsaturated/α-hetero) is 1. The molecule has 0 aliphatic carbocycles.